The highest BCUT2D eigenvalue weighted by Gasteiger charge is 2.25. The highest BCUT2D eigenvalue weighted by Crippen LogP contribution is 2.28. The van der Waals surface area contributed by atoms with Crippen LogP contribution in [-0.2, 0) is 14.3 Å². The van der Waals surface area contributed by atoms with Gasteiger partial charge in [-0.2, -0.15) is 0 Å². The van der Waals surface area contributed by atoms with Crippen molar-refractivity contribution < 1.29 is 19.1 Å². The van der Waals surface area contributed by atoms with E-state index in [2.05, 4.69) is 20.9 Å². The standard InChI is InChI=1S/C20H16BrNO4/c1-11-8-14(9-12(2)18(11)25-13(3)23)10-17-20(24)26-19(22-17)15-6-4-5-7-16(15)21/h4-10H,1-3H3/b17-10-. The summed E-state index contributed by atoms with van der Waals surface area (Å²) in [5.41, 5.74) is 3.30. The number of cyclic esters (lactones) is 1. The molecule has 0 saturated carbocycles. The van der Waals surface area contributed by atoms with E-state index in [1.54, 1.807) is 6.08 Å². The summed E-state index contributed by atoms with van der Waals surface area (Å²) in [4.78, 5) is 27.7. The summed E-state index contributed by atoms with van der Waals surface area (Å²) in [5, 5.41) is 0. The van der Waals surface area contributed by atoms with Gasteiger partial charge in [0.2, 0.25) is 5.90 Å². The first-order valence-electron chi connectivity index (χ1n) is 7.92. The van der Waals surface area contributed by atoms with Crippen molar-refractivity contribution in [2.75, 3.05) is 0 Å². The zero-order valence-electron chi connectivity index (χ0n) is 14.5. The van der Waals surface area contributed by atoms with E-state index < -0.39 is 5.97 Å². The maximum absolute atomic E-state index is 12.2. The molecule has 0 saturated heterocycles. The molecule has 0 aliphatic carbocycles. The zero-order chi connectivity index (χ0) is 18.8. The van der Waals surface area contributed by atoms with Crippen molar-refractivity contribution >= 4 is 39.8 Å². The molecule has 2 aromatic rings. The molecular formula is C20H16BrNO4. The Kier molecular flexibility index (Phi) is 5.04. The fourth-order valence-electron chi connectivity index (χ4n) is 2.69. The molecule has 0 radical (unpaired) electrons. The number of hydrogen-bond acceptors (Lipinski definition) is 5. The second-order valence-corrected chi connectivity index (χ2v) is 6.75. The molecule has 0 unspecified atom stereocenters. The molecule has 0 aromatic heterocycles. The molecule has 0 fully saturated rings. The largest absolute Gasteiger partial charge is 0.426 e. The Labute approximate surface area is 159 Å². The van der Waals surface area contributed by atoms with Crippen LogP contribution in [0.3, 0.4) is 0 Å². The zero-order valence-corrected chi connectivity index (χ0v) is 16.1. The van der Waals surface area contributed by atoms with E-state index in [0.717, 1.165) is 21.2 Å². The van der Waals surface area contributed by atoms with Crippen LogP contribution in [0.2, 0.25) is 0 Å². The van der Waals surface area contributed by atoms with Crippen molar-refractivity contribution in [2.45, 2.75) is 20.8 Å². The van der Waals surface area contributed by atoms with Crippen LogP contribution < -0.4 is 4.74 Å². The van der Waals surface area contributed by atoms with Gasteiger partial charge in [0.05, 0.1) is 5.56 Å². The topological polar surface area (TPSA) is 65.0 Å². The lowest BCUT2D eigenvalue weighted by Crippen LogP contribution is -2.06. The van der Waals surface area contributed by atoms with Gasteiger partial charge in [0.1, 0.15) is 5.75 Å². The molecule has 0 N–H and O–H groups in total. The Morgan fingerprint density at radius 3 is 2.46 bits per heavy atom. The number of carbonyl (C=O) groups excluding carboxylic acids is 2. The molecule has 0 spiro atoms. The number of halogens is 1. The summed E-state index contributed by atoms with van der Waals surface area (Å²) in [6, 6.07) is 11.1. The summed E-state index contributed by atoms with van der Waals surface area (Å²) < 4.78 is 11.3. The lowest BCUT2D eigenvalue weighted by atomic mass is 10.0. The van der Waals surface area contributed by atoms with Crippen LogP contribution >= 0.6 is 15.9 Å². The Morgan fingerprint density at radius 2 is 1.85 bits per heavy atom. The van der Waals surface area contributed by atoms with E-state index in [1.165, 1.54) is 6.92 Å². The number of rotatable bonds is 3. The monoisotopic (exact) mass is 413 g/mol. The van der Waals surface area contributed by atoms with E-state index in [0.29, 0.717) is 11.3 Å². The fraction of sp³-hybridized carbons (Fsp3) is 0.150. The van der Waals surface area contributed by atoms with Crippen LogP contribution in [-0.4, -0.2) is 17.8 Å². The number of carbonyl (C=O) groups is 2. The third-order valence-corrected chi connectivity index (χ3v) is 4.45. The maximum atomic E-state index is 12.2. The van der Waals surface area contributed by atoms with Crippen molar-refractivity contribution in [1.29, 1.82) is 0 Å². The molecule has 0 amide bonds. The molecule has 1 aliphatic rings. The molecule has 3 rings (SSSR count). The Hall–Kier alpha value is -2.73. The second kappa shape index (κ2) is 7.25. The average molecular weight is 414 g/mol. The third kappa shape index (κ3) is 3.75. The summed E-state index contributed by atoms with van der Waals surface area (Å²) in [5.74, 6) is -0.0794. The van der Waals surface area contributed by atoms with Crippen LogP contribution in [0.25, 0.3) is 6.08 Å². The number of nitrogens with zero attached hydrogens (tertiary/aromatic N) is 1. The second-order valence-electron chi connectivity index (χ2n) is 5.89. The third-order valence-electron chi connectivity index (χ3n) is 3.76. The van der Waals surface area contributed by atoms with Crippen molar-refractivity contribution in [1.82, 2.24) is 0 Å². The SMILES string of the molecule is CC(=O)Oc1c(C)cc(/C=C2\N=C(c3ccccc3Br)OC2=O)cc1C. The first kappa shape index (κ1) is 18.1. The number of esters is 2. The van der Waals surface area contributed by atoms with Gasteiger partial charge in [-0.05, 0) is 76.8 Å². The van der Waals surface area contributed by atoms with Crippen LogP contribution in [0.4, 0.5) is 0 Å². The number of aryl methyl sites for hydroxylation is 2. The quantitative estimate of drug-likeness (QED) is 0.426. The molecule has 26 heavy (non-hydrogen) atoms. The minimum Gasteiger partial charge on any atom is -0.426 e. The Bertz CT molecular complexity index is 953. The number of benzene rings is 2. The minimum absolute atomic E-state index is 0.217. The normalized spacial score (nSPS) is 15.0. The van der Waals surface area contributed by atoms with Gasteiger partial charge in [-0.1, -0.05) is 12.1 Å². The summed E-state index contributed by atoms with van der Waals surface area (Å²) >= 11 is 3.43. The van der Waals surface area contributed by atoms with E-state index in [-0.39, 0.29) is 17.6 Å². The summed E-state index contributed by atoms with van der Waals surface area (Å²) in [7, 11) is 0. The number of aliphatic imine (C=N–C) groups is 1. The minimum atomic E-state index is -0.505. The fourth-order valence-corrected chi connectivity index (χ4v) is 3.14. The Balaban J connectivity index is 1.96. The molecule has 5 nitrogen and oxygen atoms in total. The molecule has 0 bridgehead atoms. The van der Waals surface area contributed by atoms with Gasteiger partial charge in [-0.25, -0.2) is 9.79 Å². The van der Waals surface area contributed by atoms with E-state index in [4.69, 9.17) is 9.47 Å². The average Bonchev–Trinajstić information content (AvgIpc) is 2.92. The molecule has 2 aromatic carbocycles. The summed E-state index contributed by atoms with van der Waals surface area (Å²) in [6.45, 7) is 5.05. The van der Waals surface area contributed by atoms with Gasteiger partial charge in [-0.15, -0.1) is 0 Å². The summed E-state index contributed by atoms with van der Waals surface area (Å²) in [6.07, 6.45) is 1.66. The van der Waals surface area contributed by atoms with Gasteiger partial charge < -0.3 is 9.47 Å². The lowest BCUT2D eigenvalue weighted by molar-refractivity contribution is -0.132. The number of hydrogen-bond donors (Lipinski definition) is 0. The lowest BCUT2D eigenvalue weighted by Gasteiger charge is -2.10. The van der Waals surface area contributed by atoms with Gasteiger partial charge >= 0.3 is 11.9 Å². The highest BCUT2D eigenvalue weighted by molar-refractivity contribution is 9.10. The van der Waals surface area contributed by atoms with Gasteiger partial charge in [0.15, 0.2) is 5.70 Å². The van der Waals surface area contributed by atoms with Crippen LogP contribution in [0.5, 0.6) is 5.75 Å². The highest BCUT2D eigenvalue weighted by atomic mass is 79.9. The van der Waals surface area contributed by atoms with Crippen molar-refractivity contribution in [3.05, 3.63) is 68.8 Å². The molecule has 0 atom stereocenters. The molecule has 1 aliphatic heterocycles. The predicted octanol–water partition coefficient (Wildman–Crippen LogP) is 4.34. The maximum Gasteiger partial charge on any atom is 0.363 e. The van der Waals surface area contributed by atoms with Crippen LogP contribution in [0, 0.1) is 13.8 Å². The smallest absolute Gasteiger partial charge is 0.363 e. The molecule has 132 valence electrons. The number of ether oxygens (including phenoxy) is 2. The Morgan fingerprint density at radius 1 is 1.19 bits per heavy atom. The van der Waals surface area contributed by atoms with Gasteiger partial charge in [-0.3, -0.25) is 4.79 Å². The van der Waals surface area contributed by atoms with E-state index in [9.17, 15) is 9.59 Å². The van der Waals surface area contributed by atoms with Crippen molar-refractivity contribution in [3.63, 3.8) is 0 Å². The van der Waals surface area contributed by atoms with Crippen molar-refractivity contribution in [2.24, 2.45) is 4.99 Å². The molecular weight excluding hydrogens is 398 g/mol. The van der Waals surface area contributed by atoms with E-state index >= 15 is 0 Å². The predicted molar refractivity (Wildman–Crippen MR) is 102 cm³/mol. The van der Waals surface area contributed by atoms with Crippen LogP contribution in [0.15, 0.2) is 51.6 Å². The van der Waals surface area contributed by atoms with Gasteiger partial charge in [0, 0.05) is 11.4 Å². The molecule has 6 heteroatoms. The van der Waals surface area contributed by atoms with E-state index in [1.807, 2.05) is 50.2 Å². The van der Waals surface area contributed by atoms with Crippen LogP contribution in [0.1, 0.15) is 29.2 Å². The van der Waals surface area contributed by atoms with Crippen molar-refractivity contribution in [3.8, 4) is 5.75 Å². The first-order valence-corrected chi connectivity index (χ1v) is 8.71. The molecule has 1 heterocycles. The van der Waals surface area contributed by atoms with Gasteiger partial charge in [0.25, 0.3) is 0 Å². The first-order chi connectivity index (χ1) is 12.3.